The summed E-state index contributed by atoms with van der Waals surface area (Å²) in [5, 5.41) is 3.12. The van der Waals surface area contributed by atoms with Crippen LogP contribution in [0.5, 0.6) is 0 Å². The molecule has 1 aromatic heterocycles. The van der Waals surface area contributed by atoms with Crippen LogP contribution in [-0.4, -0.2) is 23.1 Å². The molecule has 0 bridgehead atoms. The first-order valence-corrected chi connectivity index (χ1v) is 4.04. The Bertz CT molecular complexity index is 169. The SMILES string of the molecule is CNCCCCn1ccnc1. The Morgan fingerprint density at radius 2 is 2.36 bits per heavy atom. The summed E-state index contributed by atoms with van der Waals surface area (Å²) in [5.41, 5.74) is 0. The smallest absolute Gasteiger partial charge is 0.0945 e. The van der Waals surface area contributed by atoms with E-state index in [2.05, 4.69) is 14.9 Å². The third-order valence-electron chi connectivity index (χ3n) is 1.65. The van der Waals surface area contributed by atoms with Gasteiger partial charge in [-0.15, -0.1) is 0 Å². The topological polar surface area (TPSA) is 29.9 Å². The van der Waals surface area contributed by atoms with E-state index in [0.29, 0.717) is 0 Å². The maximum atomic E-state index is 3.97. The predicted octanol–water partition coefficient (Wildman–Crippen LogP) is 0.883. The van der Waals surface area contributed by atoms with Crippen molar-refractivity contribution < 1.29 is 0 Å². The molecule has 3 nitrogen and oxygen atoms in total. The van der Waals surface area contributed by atoms with Gasteiger partial charge in [-0.3, -0.25) is 0 Å². The molecule has 0 aliphatic rings. The lowest BCUT2D eigenvalue weighted by Crippen LogP contribution is -2.08. The van der Waals surface area contributed by atoms with Gasteiger partial charge in [0.15, 0.2) is 0 Å². The number of imidazole rings is 1. The van der Waals surface area contributed by atoms with Crippen molar-refractivity contribution in [1.82, 2.24) is 14.9 Å². The van der Waals surface area contributed by atoms with E-state index in [0.717, 1.165) is 13.1 Å². The van der Waals surface area contributed by atoms with Gasteiger partial charge in [-0.2, -0.15) is 0 Å². The average Bonchev–Trinajstić information content (AvgIpc) is 2.50. The monoisotopic (exact) mass is 153 g/mol. The van der Waals surface area contributed by atoms with Crippen LogP contribution in [0, 0.1) is 0 Å². The molecule has 0 aromatic carbocycles. The molecule has 62 valence electrons. The van der Waals surface area contributed by atoms with Crippen LogP contribution in [0.1, 0.15) is 12.8 Å². The van der Waals surface area contributed by atoms with Gasteiger partial charge in [0.2, 0.25) is 0 Å². The Morgan fingerprint density at radius 1 is 1.45 bits per heavy atom. The number of nitrogens with one attached hydrogen (secondary N) is 1. The molecule has 0 amide bonds. The molecular weight excluding hydrogens is 138 g/mol. The number of hydrogen-bond donors (Lipinski definition) is 1. The van der Waals surface area contributed by atoms with Crippen LogP contribution >= 0.6 is 0 Å². The quantitative estimate of drug-likeness (QED) is 0.636. The largest absolute Gasteiger partial charge is 0.337 e. The maximum absolute atomic E-state index is 3.97. The lowest BCUT2D eigenvalue weighted by Gasteiger charge is -2.00. The first-order valence-electron chi connectivity index (χ1n) is 4.04. The fraction of sp³-hybridized carbons (Fsp3) is 0.625. The molecule has 0 saturated carbocycles. The molecule has 1 rings (SSSR count). The summed E-state index contributed by atoms with van der Waals surface area (Å²) in [4.78, 5) is 3.97. The Morgan fingerprint density at radius 3 is 3.00 bits per heavy atom. The molecule has 1 N–H and O–H groups in total. The molecule has 3 heteroatoms. The second-order valence-corrected chi connectivity index (χ2v) is 2.61. The van der Waals surface area contributed by atoms with Crippen LogP contribution in [0.15, 0.2) is 18.7 Å². The third-order valence-corrected chi connectivity index (χ3v) is 1.65. The minimum Gasteiger partial charge on any atom is -0.337 e. The van der Waals surface area contributed by atoms with Gasteiger partial charge in [-0.05, 0) is 26.4 Å². The number of nitrogens with zero attached hydrogens (tertiary/aromatic N) is 2. The van der Waals surface area contributed by atoms with Crippen molar-refractivity contribution in [1.29, 1.82) is 0 Å². The van der Waals surface area contributed by atoms with Crippen LogP contribution < -0.4 is 5.32 Å². The molecule has 0 atom stereocenters. The van der Waals surface area contributed by atoms with E-state index in [1.54, 1.807) is 0 Å². The number of aromatic nitrogens is 2. The molecule has 0 spiro atoms. The highest BCUT2D eigenvalue weighted by molar-refractivity contribution is 4.73. The van der Waals surface area contributed by atoms with Crippen molar-refractivity contribution >= 4 is 0 Å². The molecule has 0 aliphatic carbocycles. The van der Waals surface area contributed by atoms with E-state index >= 15 is 0 Å². The summed E-state index contributed by atoms with van der Waals surface area (Å²) < 4.78 is 2.11. The Kier molecular flexibility index (Phi) is 3.69. The molecule has 0 saturated heterocycles. The summed E-state index contributed by atoms with van der Waals surface area (Å²) in [7, 11) is 1.98. The van der Waals surface area contributed by atoms with Gasteiger partial charge in [0, 0.05) is 18.9 Å². The van der Waals surface area contributed by atoms with E-state index < -0.39 is 0 Å². The van der Waals surface area contributed by atoms with Gasteiger partial charge >= 0.3 is 0 Å². The summed E-state index contributed by atoms with van der Waals surface area (Å²) in [6.07, 6.45) is 8.13. The van der Waals surface area contributed by atoms with Gasteiger partial charge in [0.05, 0.1) is 6.33 Å². The molecule has 1 heterocycles. The zero-order chi connectivity index (χ0) is 7.94. The van der Waals surface area contributed by atoms with E-state index in [1.165, 1.54) is 12.8 Å². The zero-order valence-corrected chi connectivity index (χ0v) is 6.95. The minimum atomic E-state index is 1.08. The van der Waals surface area contributed by atoms with Crippen molar-refractivity contribution in [3.05, 3.63) is 18.7 Å². The van der Waals surface area contributed by atoms with Gasteiger partial charge < -0.3 is 9.88 Å². The first kappa shape index (κ1) is 8.27. The van der Waals surface area contributed by atoms with Gasteiger partial charge in [-0.1, -0.05) is 0 Å². The summed E-state index contributed by atoms with van der Waals surface area (Å²) in [5.74, 6) is 0. The Labute approximate surface area is 67.4 Å². The zero-order valence-electron chi connectivity index (χ0n) is 6.95. The van der Waals surface area contributed by atoms with E-state index in [4.69, 9.17) is 0 Å². The summed E-state index contributed by atoms with van der Waals surface area (Å²) >= 11 is 0. The molecule has 0 fully saturated rings. The summed E-state index contributed by atoms with van der Waals surface area (Å²) in [6.45, 7) is 2.19. The highest BCUT2D eigenvalue weighted by Gasteiger charge is 1.88. The Balaban J connectivity index is 2.04. The van der Waals surface area contributed by atoms with Crippen LogP contribution in [0.25, 0.3) is 0 Å². The molecule has 0 radical (unpaired) electrons. The fourth-order valence-corrected chi connectivity index (χ4v) is 1.02. The van der Waals surface area contributed by atoms with Crippen LogP contribution in [0.3, 0.4) is 0 Å². The highest BCUT2D eigenvalue weighted by atomic mass is 15.0. The van der Waals surface area contributed by atoms with Crippen molar-refractivity contribution in [2.75, 3.05) is 13.6 Å². The maximum Gasteiger partial charge on any atom is 0.0945 e. The van der Waals surface area contributed by atoms with Crippen molar-refractivity contribution in [2.45, 2.75) is 19.4 Å². The molecule has 11 heavy (non-hydrogen) atoms. The lowest BCUT2D eigenvalue weighted by molar-refractivity contribution is 0.590. The minimum absolute atomic E-state index is 1.08. The predicted molar refractivity (Wildman–Crippen MR) is 45.4 cm³/mol. The summed E-state index contributed by atoms with van der Waals surface area (Å²) in [6, 6.07) is 0. The molecular formula is C8H15N3. The average molecular weight is 153 g/mol. The van der Waals surface area contributed by atoms with Crippen molar-refractivity contribution in [3.8, 4) is 0 Å². The molecule has 1 aromatic rings. The molecule has 0 aliphatic heterocycles. The first-order chi connectivity index (χ1) is 5.43. The van der Waals surface area contributed by atoms with E-state index in [9.17, 15) is 0 Å². The number of rotatable bonds is 5. The van der Waals surface area contributed by atoms with E-state index in [-0.39, 0.29) is 0 Å². The second kappa shape index (κ2) is 4.91. The highest BCUT2D eigenvalue weighted by Crippen LogP contribution is 1.93. The van der Waals surface area contributed by atoms with Crippen molar-refractivity contribution in [2.24, 2.45) is 0 Å². The number of hydrogen-bond acceptors (Lipinski definition) is 2. The van der Waals surface area contributed by atoms with Crippen LogP contribution in [0.4, 0.5) is 0 Å². The Hall–Kier alpha value is -0.830. The van der Waals surface area contributed by atoms with E-state index in [1.807, 2.05) is 25.8 Å². The normalized spacial score (nSPS) is 10.3. The third kappa shape index (κ3) is 3.18. The standard InChI is InChI=1S/C8H15N3/c1-9-4-2-3-6-11-7-5-10-8-11/h5,7-9H,2-4,6H2,1H3. The van der Waals surface area contributed by atoms with Gasteiger partial charge in [0.1, 0.15) is 0 Å². The van der Waals surface area contributed by atoms with Crippen molar-refractivity contribution in [3.63, 3.8) is 0 Å². The lowest BCUT2D eigenvalue weighted by atomic mass is 10.3. The van der Waals surface area contributed by atoms with Gasteiger partial charge in [-0.25, -0.2) is 4.98 Å². The fourth-order valence-electron chi connectivity index (χ4n) is 1.02. The molecule has 0 unspecified atom stereocenters. The second-order valence-electron chi connectivity index (χ2n) is 2.61. The van der Waals surface area contributed by atoms with Crippen LogP contribution in [0.2, 0.25) is 0 Å². The number of aryl methyl sites for hydroxylation is 1. The van der Waals surface area contributed by atoms with Gasteiger partial charge in [0.25, 0.3) is 0 Å². The number of unbranched alkanes of at least 4 members (excludes halogenated alkanes) is 1. The van der Waals surface area contributed by atoms with Crippen LogP contribution in [-0.2, 0) is 6.54 Å².